The number of amides is 4. The van der Waals surface area contributed by atoms with Crippen LogP contribution in [-0.4, -0.2) is 41.6 Å². The van der Waals surface area contributed by atoms with E-state index in [-0.39, 0.29) is 36.0 Å². The van der Waals surface area contributed by atoms with E-state index in [1.54, 1.807) is 84.9 Å². The Morgan fingerprint density at radius 3 is 2.14 bits per heavy atom. The van der Waals surface area contributed by atoms with E-state index in [0.29, 0.717) is 43.1 Å². The van der Waals surface area contributed by atoms with Crippen LogP contribution >= 0.6 is 27.5 Å². The summed E-state index contributed by atoms with van der Waals surface area (Å²) in [6.45, 7) is 0. The summed E-state index contributed by atoms with van der Waals surface area (Å²) in [4.78, 5) is 75.2. The van der Waals surface area contributed by atoms with E-state index in [0.717, 1.165) is 5.57 Å². The molecule has 5 aromatic carbocycles. The summed E-state index contributed by atoms with van der Waals surface area (Å²) in [5.41, 5.74) is 2.08. The predicted molar refractivity (Wildman–Crippen MR) is 217 cm³/mol. The average molecular weight is 842 g/mol. The summed E-state index contributed by atoms with van der Waals surface area (Å²) in [6.07, 6.45) is 2.32. The van der Waals surface area contributed by atoms with Crippen molar-refractivity contribution in [3.8, 4) is 11.5 Å². The number of anilines is 2. The summed E-state index contributed by atoms with van der Waals surface area (Å²) >= 11 is 9.92. The first-order valence-electron chi connectivity index (χ1n) is 18.6. The number of ketones is 1. The molecule has 4 amide bonds. The van der Waals surface area contributed by atoms with Gasteiger partial charge in [-0.05, 0) is 100 Å². The lowest BCUT2D eigenvalue weighted by atomic mass is 9.49. The normalized spacial score (nSPS) is 25.2. The second kappa shape index (κ2) is 14.0. The highest BCUT2D eigenvalue weighted by atomic mass is 79.9. The number of phenols is 1. The van der Waals surface area contributed by atoms with Crippen molar-refractivity contribution < 1.29 is 33.8 Å². The molecule has 9 nitrogen and oxygen atoms in total. The first kappa shape index (κ1) is 36.8. The van der Waals surface area contributed by atoms with Crippen LogP contribution in [0.4, 0.5) is 11.4 Å². The Bertz CT molecular complexity index is 2540. The maximum absolute atomic E-state index is 15.5. The lowest BCUT2D eigenvalue weighted by Gasteiger charge is -2.50. The number of rotatable bonds is 7. The van der Waals surface area contributed by atoms with E-state index in [1.807, 2.05) is 42.5 Å². The third-order valence-corrected chi connectivity index (χ3v) is 13.0. The standard InChI is InChI=1S/C46H34BrClN2O7/c1-57-37-22-27(21-36(47)41(37)52)39-32-19-20-33-38(44(55)49(42(33)53)30-17-15-26(16-18-30)40(51)25-9-4-2-5-10-25)34(32)24-35-43(54)50(31-14-8-13-29(48)23-31)45(56)46(35,39)28-11-6-3-7-12-28/h2-19,21-23,33-35,38-39,52H,20,24H2,1H3. The highest BCUT2D eigenvalue weighted by Gasteiger charge is 2.70. The van der Waals surface area contributed by atoms with E-state index in [4.69, 9.17) is 16.3 Å². The smallest absolute Gasteiger partial charge is 0.246 e. The molecular formula is C46H34BrClN2O7. The minimum absolute atomic E-state index is 0.119. The van der Waals surface area contributed by atoms with Gasteiger partial charge >= 0.3 is 0 Å². The number of halogens is 2. The molecule has 11 heteroatoms. The Balaban J connectivity index is 1.19. The van der Waals surface area contributed by atoms with Gasteiger partial charge in [0.1, 0.15) is 0 Å². The van der Waals surface area contributed by atoms with Crippen LogP contribution in [0.1, 0.15) is 45.8 Å². The number of fused-ring (bicyclic) bond motifs is 4. The average Bonchev–Trinajstić information content (AvgIpc) is 3.62. The predicted octanol–water partition coefficient (Wildman–Crippen LogP) is 8.41. The molecule has 2 aliphatic carbocycles. The zero-order valence-corrected chi connectivity index (χ0v) is 32.8. The Morgan fingerprint density at radius 2 is 1.46 bits per heavy atom. The van der Waals surface area contributed by atoms with Gasteiger partial charge in [0.2, 0.25) is 23.6 Å². The molecule has 3 fully saturated rings. The molecule has 1 N–H and O–H groups in total. The molecular weight excluding hydrogens is 808 g/mol. The van der Waals surface area contributed by atoms with Crippen LogP contribution in [0.3, 0.4) is 0 Å². The van der Waals surface area contributed by atoms with Crippen LogP contribution in [-0.2, 0) is 24.6 Å². The van der Waals surface area contributed by atoms with Crippen LogP contribution in [0.2, 0.25) is 5.02 Å². The molecule has 9 rings (SSSR count). The molecule has 0 spiro atoms. The van der Waals surface area contributed by atoms with Crippen LogP contribution in [0.15, 0.2) is 137 Å². The summed E-state index contributed by atoms with van der Waals surface area (Å²) in [5, 5.41) is 11.3. The molecule has 57 heavy (non-hydrogen) atoms. The quantitative estimate of drug-likeness (QED) is 0.0993. The minimum atomic E-state index is -1.50. The lowest BCUT2D eigenvalue weighted by molar-refractivity contribution is -0.127. The molecule has 1 saturated carbocycles. The van der Waals surface area contributed by atoms with Gasteiger partial charge in [0.05, 0.1) is 46.1 Å². The van der Waals surface area contributed by atoms with Gasteiger partial charge in [-0.2, -0.15) is 0 Å². The van der Waals surface area contributed by atoms with Gasteiger partial charge in [-0.25, -0.2) is 4.90 Å². The van der Waals surface area contributed by atoms with Crippen molar-refractivity contribution in [1.82, 2.24) is 0 Å². The van der Waals surface area contributed by atoms with Crippen molar-refractivity contribution in [1.29, 1.82) is 0 Å². The van der Waals surface area contributed by atoms with Crippen molar-refractivity contribution in [2.45, 2.75) is 24.2 Å². The van der Waals surface area contributed by atoms with Gasteiger partial charge in [0.25, 0.3) is 0 Å². The first-order chi connectivity index (χ1) is 27.6. The van der Waals surface area contributed by atoms with Gasteiger partial charge < -0.3 is 9.84 Å². The maximum atomic E-state index is 15.5. The van der Waals surface area contributed by atoms with Crippen LogP contribution in [0.25, 0.3) is 0 Å². The number of imide groups is 2. The molecule has 0 bridgehead atoms. The number of carbonyl (C=O) groups is 5. The van der Waals surface area contributed by atoms with E-state index in [9.17, 15) is 19.5 Å². The molecule has 5 aromatic rings. The van der Waals surface area contributed by atoms with E-state index in [1.165, 1.54) is 16.9 Å². The maximum Gasteiger partial charge on any atom is 0.246 e. The zero-order chi connectivity index (χ0) is 39.7. The van der Waals surface area contributed by atoms with E-state index < -0.39 is 52.7 Å². The second-order valence-corrected chi connectivity index (χ2v) is 16.2. The van der Waals surface area contributed by atoms with Gasteiger partial charge in [0, 0.05) is 22.1 Å². The molecule has 4 aliphatic rings. The molecule has 2 aliphatic heterocycles. The molecule has 6 atom stereocenters. The highest BCUT2D eigenvalue weighted by molar-refractivity contribution is 9.10. The topological polar surface area (TPSA) is 121 Å². The molecule has 6 unspecified atom stereocenters. The Labute approximate surface area is 341 Å². The van der Waals surface area contributed by atoms with Crippen LogP contribution < -0.4 is 14.5 Å². The van der Waals surface area contributed by atoms with E-state index >= 15 is 9.59 Å². The number of ether oxygens (including phenoxy) is 1. The number of hydrogen-bond donors (Lipinski definition) is 1. The van der Waals surface area contributed by atoms with Crippen molar-refractivity contribution in [2.75, 3.05) is 16.9 Å². The van der Waals surface area contributed by atoms with Crippen LogP contribution in [0, 0.1) is 23.7 Å². The monoisotopic (exact) mass is 840 g/mol. The molecule has 2 saturated heterocycles. The number of allylic oxidation sites excluding steroid dienone is 2. The first-order valence-corrected chi connectivity index (χ1v) is 19.8. The van der Waals surface area contributed by atoms with E-state index in [2.05, 4.69) is 15.9 Å². The number of methoxy groups -OCH3 is 1. The third-order valence-electron chi connectivity index (χ3n) is 12.2. The van der Waals surface area contributed by atoms with Gasteiger partial charge in [-0.15, -0.1) is 0 Å². The van der Waals surface area contributed by atoms with Crippen molar-refractivity contribution in [3.63, 3.8) is 0 Å². The van der Waals surface area contributed by atoms with Crippen molar-refractivity contribution in [3.05, 3.63) is 165 Å². The fraction of sp³-hybridized carbons (Fsp3) is 0.196. The molecule has 284 valence electrons. The lowest BCUT2D eigenvalue weighted by Crippen LogP contribution is -2.53. The van der Waals surface area contributed by atoms with Crippen LogP contribution in [0.5, 0.6) is 11.5 Å². The van der Waals surface area contributed by atoms with Gasteiger partial charge in [-0.1, -0.05) is 90.0 Å². The number of phenolic OH excluding ortho intramolecular Hbond substituents is 1. The number of carbonyl (C=O) groups excluding carboxylic acids is 5. The van der Waals surface area contributed by atoms with Crippen molar-refractivity contribution in [2.24, 2.45) is 23.7 Å². The Morgan fingerprint density at radius 1 is 0.772 bits per heavy atom. The fourth-order valence-electron chi connectivity index (χ4n) is 9.81. The fourth-order valence-corrected chi connectivity index (χ4v) is 10.5. The largest absolute Gasteiger partial charge is 0.503 e. The summed E-state index contributed by atoms with van der Waals surface area (Å²) in [6, 6.07) is 34.5. The zero-order valence-electron chi connectivity index (χ0n) is 30.5. The highest BCUT2D eigenvalue weighted by Crippen LogP contribution is 2.65. The summed E-state index contributed by atoms with van der Waals surface area (Å²) in [5.74, 6) is -5.72. The number of hydrogen-bond acceptors (Lipinski definition) is 7. The number of aromatic hydroxyl groups is 1. The van der Waals surface area contributed by atoms with Gasteiger partial charge in [0.15, 0.2) is 17.3 Å². The number of nitrogens with zero attached hydrogens (tertiary/aromatic N) is 2. The Kier molecular flexibility index (Phi) is 9.01. The van der Waals surface area contributed by atoms with Gasteiger partial charge in [-0.3, -0.25) is 28.9 Å². The minimum Gasteiger partial charge on any atom is -0.503 e. The number of benzene rings is 5. The second-order valence-electron chi connectivity index (χ2n) is 14.9. The molecule has 2 heterocycles. The molecule has 0 aromatic heterocycles. The molecule has 0 radical (unpaired) electrons. The summed E-state index contributed by atoms with van der Waals surface area (Å²) < 4.78 is 5.93. The van der Waals surface area contributed by atoms with Crippen molar-refractivity contribution >= 4 is 68.3 Å². The summed E-state index contributed by atoms with van der Waals surface area (Å²) in [7, 11) is 1.43. The Hall–Kier alpha value is -5.84. The SMILES string of the molecule is COc1cc(C2C3=CCC4C(=O)N(c5ccc(C(=O)c6ccccc6)cc5)C(=O)C4C3CC3C(=O)N(c4cccc(Cl)c4)C(=O)C32c2ccccc2)cc(Br)c1O. The third kappa shape index (κ3) is 5.52.